The topological polar surface area (TPSA) is 59.8 Å². The van der Waals surface area contributed by atoms with Gasteiger partial charge in [0.15, 0.2) is 0 Å². The van der Waals surface area contributed by atoms with E-state index in [1.807, 2.05) is 10.9 Å². The number of amides is 1. The molecule has 5 nitrogen and oxygen atoms in total. The van der Waals surface area contributed by atoms with Crippen LogP contribution in [0, 0.1) is 11.8 Å². The van der Waals surface area contributed by atoms with Crippen molar-refractivity contribution in [3.63, 3.8) is 0 Å². The SMILES string of the molecule is CC(C)C1CCC(n2cc3cc(NC(=O)c4cccc(C(F)(F)F)n4)ccc3n2)CC1. The van der Waals surface area contributed by atoms with Gasteiger partial charge in [0.25, 0.3) is 5.91 Å². The molecule has 0 aliphatic heterocycles. The molecule has 8 heteroatoms. The third kappa shape index (κ3) is 4.73. The van der Waals surface area contributed by atoms with Crippen molar-refractivity contribution in [3.05, 3.63) is 54.0 Å². The summed E-state index contributed by atoms with van der Waals surface area (Å²) in [5.41, 5.74) is -0.0717. The molecule has 0 bridgehead atoms. The molecular weight excluding hydrogens is 405 g/mol. The second kappa shape index (κ2) is 8.32. The van der Waals surface area contributed by atoms with Crippen molar-refractivity contribution in [2.75, 3.05) is 5.32 Å². The summed E-state index contributed by atoms with van der Waals surface area (Å²) in [6.07, 6.45) is 1.98. The largest absolute Gasteiger partial charge is 0.433 e. The third-order valence-corrected chi connectivity index (χ3v) is 6.11. The minimum atomic E-state index is -4.60. The molecule has 0 unspecified atom stereocenters. The van der Waals surface area contributed by atoms with Crippen LogP contribution in [-0.2, 0) is 6.18 Å². The van der Waals surface area contributed by atoms with Crippen LogP contribution < -0.4 is 5.32 Å². The molecule has 1 saturated carbocycles. The van der Waals surface area contributed by atoms with Crippen LogP contribution in [0.2, 0.25) is 0 Å². The molecule has 1 N–H and O–H groups in total. The molecule has 31 heavy (non-hydrogen) atoms. The molecule has 0 spiro atoms. The lowest BCUT2D eigenvalue weighted by atomic mass is 9.80. The summed E-state index contributed by atoms with van der Waals surface area (Å²) >= 11 is 0. The number of aromatic nitrogens is 3. The Morgan fingerprint density at radius 3 is 2.55 bits per heavy atom. The van der Waals surface area contributed by atoms with E-state index in [0.29, 0.717) is 17.6 Å². The van der Waals surface area contributed by atoms with Gasteiger partial charge < -0.3 is 5.32 Å². The lowest BCUT2D eigenvalue weighted by Crippen LogP contribution is -2.21. The maximum Gasteiger partial charge on any atom is 0.433 e. The second-order valence-corrected chi connectivity index (χ2v) is 8.56. The molecule has 164 valence electrons. The van der Waals surface area contributed by atoms with Crippen LogP contribution in [0.25, 0.3) is 10.9 Å². The van der Waals surface area contributed by atoms with E-state index in [9.17, 15) is 18.0 Å². The molecule has 1 fully saturated rings. The van der Waals surface area contributed by atoms with Crippen LogP contribution in [-0.4, -0.2) is 20.7 Å². The number of benzene rings is 1. The molecule has 0 radical (unpaired) electrons. The van der Waals surface area contributed by atoms with Gasteiger partial charge in [-0.3, -0.25) is 9.48 Å². The summed E-state index contributed by atoms with van der Waals surface area (Å²) in [5, 5.41) is 8.20. The lowest BCUT2D eigenvalue weighted by Gasteiger charge is -2.30. The number of rotatable bonds is 4. The molecule has 0 saturated heterocycles. The molecule has 0 atom stereocenters. The van der Waals surface area contributed by atoms with Crippen molar-refractivity contribution < 1.29 is 18.0 Å². The third-order valence-electron chi connectivity index (χ3n) is 6.11. The highest BCUT2D eigenvalue weighted by Gasteiger charge is 2.33. The summed E-state index contributed by atoms with van der Waals surface area (Å²) in [6.45, 7) is 4.55. The fourth-order valence-corrected chi connectivity index (χ4v) is 4.26. The van der Waals surface area contributed by atoms with E-state index < -0.39 is 17.8 Å². The van der Waals surface area contributed by atoms with E-state index in [1.54, 1.807) is 18.2 Å². The van der Waals surface area contributed by atoms with E-state index in [2.05, 4.69) is 29.2 Å². The van der Waals surface area contributed by atoms with Crippen molar-refractivity contribution in [3.8, 4) is 0 Å². The Hall–Kier alpha value is -2.90. The average Bonchev–Trinajstić information content (AvgIpc) is 3.16. The zero-order chi connectivity index (χ0) is 22.2. The van der Waals surface area contributed by atoms with Crippen molar-refractivity contribution >= 4 is 22.5 Å². The van der Waals surface area contributed by atoms with Crippen molar-refractivity contribution in [1.82, 2.24) is 14.8 Å². The van der Waals surface area contributed by atoms with Gasteiger partial charge in [0.05, 0.1) is 11.6 Å². The fourth-order valence-electron chi connectivity index (χ4n) is 4.26. The van der Waals surface area contributed by atoms with Gasteiger partial charge in [-0.15, -0.1) is 0 Å². The highest BCUT2D eigenvalue weighted by Crippen LogP contribution is 2.36. The number of alkyl halides is 3. The maximum absolute atomic E-state index is 12.8. The standard InChI is InChI=1S/C23H25F3N4O/c1-14(2)15-6-9-18(10-7-15)30-13-16-12-17(8-11-19(16)29-30)27-22(31)20-4-3-5-21(28-20)23(24,25)26/h3-5,8,11-15,18H,6-7,9-10H2,1-2H3,(H,27,31). The van der Waals surface area contributed by atoms with Crippen molar-refractivity contribution in [2.45, 2.75) is 51.7 Å². The van der Waals surface area contributed by atoms with Gasteiger partial charge >= 0.3 is 6.18 Å². The molecule has 1 aliphatic rings. The summed E-state index contributed by atoms with van der Waals surface area (Å²) in [7, 11) is 0. The number of carbonyl (C=O) groups excluding carboxylic acids is 1. The molecule has 1 amide bonds. The van der Waals surface area contributed by atoms with Crippen LogP contribution in [0.1, 0.15) is 61.8 Å². The zero-order valence-electron chi connectivity index (χ0n) is 17.5. The Labute approximate surface area is 178 Å². The predicted octanol–water partition coefficient (Wildman–Crippen LogP) is 6.09. The van der Waals surface area contributed by atoms with Gasteiger partial charge in [-0.2, -0.15) is 18.3 Å². The first kappa shape index (κ1) is 21.3. The first-order chi connectivity index (χ1) is 14.7. The second-order valence-electron chi connectivity index (χ2n) is 8.56. The van der Waals surface area contributed by atoms with E-state index >= 15 is 0 Å². The number of hydrogen-bond donors (Lipinski definition) is 1. The first-order valence-corrected chi connectivity index (χ1v) is 10.6. The molecule has 4 rings (SSSR count). The number of nitrogens with one attached hydrogen (secondary N) is 1. The van der Waals surface area contributed by atoms with E-state index in [0.717, 1.165) is 35.7 Å². The summed E-state index contributed by atoms with van der Waals surface area (Å²) in [5.74, 6) is 0.785. The Kier molecular flexibility index (Phi) is 5.73. The number of nitrogens with zero attached hydrogens (tertiary/aromatic N) is 3. The summed E-state index contributed by atoms with van der Waals surface area (Å²) in [4.78, 5) is 15.8. The highest BCUT2D eigenvalue weighted by atomic mass is 19.4. The van der Waals surface area contributed by atoms with Gasteiger partial charge in [0.2, 0.25) is 0 Å². The van der Waals surface area contributed by atoms with Crippen LogP contribution in [0.3, 0.4) is 0 Å². The fraction of sp³-hybridized carbons (Fsp3) is 0.435. The van der Waals surface area contributed by atoms with Gasteiger partial charge in [-0.1, -0.05) is 19.9 Å². The Balaban J connectivity index is 1.48. The van der Waals surface area contributed by atoms with Crippen molar-refractivity contribution in [1.29, 1.82) is 0 Å². The van der Waals surface area contributed by atoms with Crippen LogP contribution >= 0.6 is 0 Å². The normalized spacial score (nSPS) is 19.7. The number of hydrogen-bond acceptors (Lipinski definition) is 3. The summed E-state index contributed by atoms with van der Waals surface area (Å²) < 4.78 is 40.6. The molecule has 3 aromatic rings. The van der Waals surface area contributed by atoms with E-state index in [1.165, 1.54) is 25.0 Å². The monoisotopic (exact) mass is 430 g/mol. The number of anilines is 1. The number of halogens is 3. The van der Waals surface area contributed by atoms with E-state index in [4.69, 9.17) is 0 Å². The molecule has 1 aliphatic carbocycles. The molecule has 2 heterocycles. The van der Waals surface area contributed by atoms with Crippen LogP contribution in [0.5, 0.6) is 0 Å². The Morgan fingerprint density at radius 2 is 1.87 bits per heavy atom. The van der Waals surface area contributed by atoms with Gasteiger partial charge in [-0.25, -0.2) is 4.98 Å². The maximum atomic E-state index is 12.8. The summed E-state index contributed by atoms with van der Waals surface area (Å²) in [6, 6.07) is 8.92. The van der Waals surface area contributed by atoms with Gasteiger partial charge in [0, 0.05) is 17.3 Å². The van der Waals surface area contributed by atoms with Crippen molar-refractivity contribution in [2.24, 2.45) is 11.8 Å². The minimum Gasteiger partial charge on any atom is -0.321 e. The Morgan fingerprint density at radius 1 is 1.13 bits per heavy atom. The molecule has 1 aromatic carbocycles. The van der Waals surface area contributed by atoms with Crippen LogP contribution in [0.4, 0.5) is 18.9 Å². The lowest BCUT2D eigenvalue weighted by molar-refractivity contribution is -0.141. The molecule has 2 aromatic heterocycles. The predicted molar refractivity (Wildman–Crippen MR) is 113 cm³/mol. The minimum absolute atomic E-state index is 0.285. The quantitative estimate of drug-likeness (QED) is 0.545. The number of pyridine rings is 1. The van der Waals surface area contributed by atoms with Gasteiger partial charge in [-0.05, 0) is 67.9 Å². The average molecular weight is 430 g/mol. The zero-order valence-corrected chi connectivity index (χ0v) is 17.5. The molecular formula is C23H25F3N4O. The van der Waals surface area contributed by atoms with E-state index in [-0.39, 0.29) is 5.69 Å². The van der Waals surface area contributed by atoms with Gasteiger partial charge in [0.1, 0.15) is 11.4 Å². The van der Waals surface area contributed by atoms with Crippen LogP contribution in [0.15, 0.2) is 42.6 Å². The highest BCUT2D eigenvalue weighted by molar-refractivity contribution is 6.03. The first-order valence-electron chi connectivity index (χ1n) is 10.6. The number of fused-ring (bicyclic) bond motifs is 1. The Bertz CT molecular complexity index is 1080. The smallest absolute Gasteiger partial charge is 0.321 e. The number of carbonyl (C=O) groups is 1.